The van der Waals surface area contributed by atoms with Gasteiger partial charge in [-0.2, -0.15) is 4.40 Å². The maximum absolute atomic E-state index is 13.8. The number of carbonyl (C=O) groups excluding carboxylic acids is 2. The molecule has 0 saturated heterocycles. The van der Waals surface area contributed by atoms with Gasteiger partial charge in [0.05, 0.1) is 11.5 Å². The number of fused-ring (bicyclic) bond motifs is 1. The Balaban J connectivity index is 1.31. The van der Waals surface area contributed by atoms with Gasteiger partial charge < -0.3 is 10.1 Å². The van der Waals surface area contributed by atoms with Crippen LogP contribution < -0.4 is 10.1 Å². The fraction of sp³-hybridized carbons (Fsp3) is 0.192. The summed E-state index contributed by atoms with van der Waals surface area (Å²) < 4.78 is 36.3. The highest BCUT2D eigenvalue weighted by molar-refractivity contribution is 7.84. The van der Waals surface area contributed by atoms with Gasteiger partial charge in [-0.05, 0) is 61.2 Å². The van der Waals surface area contributed by atoms with E-state index in [4.69, 9.17) is 4.74 Å². The molecule has 1 aliphatic rings. The van der Waals surface area contributed by atoms with Crippen LogP contribution in [0.25, 0.3) is 0 Å². The van der Waals surface area contributed by atoms with Gasteiger partial charge in [0, 0.05) is 29.4 Å². The van der Waals surface area contributed by atoms with Crippen molar-refractivity contribution in [1.29, 1.82) is 0 Å². The number of aryl methyl sites for hydroxylation is 1. The van der Waals surface area contributed by atoms with Gasteiger partial charge in [-0.3, -0.25) is 9.59 Å². The van der Waals surface area contributed by atoms with E-state index in [1.54, 1.807) is 30.3 Å². The first-order chi connectivity index (χ1) is 16.5. The number of nitrogens with zero attached hydrogens (tertiary/aromatic N) is 1. The van der Waals surface area contributed by atoms with Crippen LogP contribution in [-0.4, -0.2) is 28.7 Å². The van der Waals surface area contributed by atoms with Crippen LogP contribution in [0.4, 0.5) is 10.1 Å². The summed E-state index contributed by atoms with van der Waals surface area (Å²) in [6, 6.07) is 17.6. The van der Waals surface area contributed by atoms with E-state index in [0.29, 0.717) is 37.9 Å². The zero-order valence-electron chi connectivity index (χ0n) is 18.3. The molecule has 8 heteroatoms. The Hall–Kier alpha value is -3.65. The predicted octanol–water partition coefficient (Wildman–Crippen LogP) is 4.89. The molecule has 3 aromatic rings. The van der Waals surface area contributed by atoms with Crippen molar-refractivity contribution in [3.8, 4) is 5.75 Å². The van der Waals surface area contributed by atoms with Crippen LogP contribution in [0.5, 0.6) is 5.75 Å². The normalized spacial score (nSPS) is 13.9. The monoisotopic (exact) mass is 478 g/mol. The van der Waals surface area contributed by atoms with E-state index in [1.807, 2.05) is 18.2 Å². The first-order valence-corrected chi connectivity index (χ1v) is 12.0. The highest BCUT2D eigenvalue weighted by atomic mass is 32.2. The van der Waals surface area contributed by atoms with Crippen LogP contribution in [0.1, 0.15) is 40.7 Å². The van der Waals surface area contributed by atoms with Crippen molar-refractivity contribution in [2.24, 2.45) is 4.40 Å². The van der Waals surface area contributed by atoms with Gasteiger partial charge in [0.25, 0.3) is 0 Å². The van der Waals surface area contributed by atoms with E-state index in [0.717, 1.165) is 23.1 Å². The maximum Gasteiger partial charge on any atom is 0.224 e. The third-order valence-corrected chi connectivity index (χ3v) is 6.37. The summed E-state index contributed by atoms with van der Waals surface area (Å²) in [5, 5.41) is 2.84. The molecule has 0 radical (unpaired) electrons. The quantitative estimate of drug-likeness (QED) is 0.270. The summed E-state index contributed by atoms with van der Waals surface area (Å²) in [6.45, 7) is 0.443. The van der Waals surface area contributed by atoms with Gasteiger partial charge in [-0.15, -0.1) is 0 Å². The lowest BCUT2D eigenvalue weighted by atomic mass is 10.0. The third kappa shape index (κ3) is 5.82. The molecule has 1 aliphatic heterocycles. The Morgan fingerprint density at radius 2 is 1.91 bits per heavy atom. The van der Waals surface area contributed by atoms with Crippen molar-refractivity contribution >= 4 is 34.6 Å². The Morgan fingerprint density at radius 1 is 1.09 bits per heavy atom. The van der Waals surface area contributed by atoms with Crippen molar-refractivity contribution in [2.75, 3.05) is 11.9 Å². The standard InChI is InChI=1S/C26H23FN2O4S/c27-20-9-12-24(22(17-20)26(31)18-6-2-1-3-7-18)34(32)28-14-4-5-15-33-21-10-11-23-19(16-21)8-13-25(30)29-23/h1-3,6-7,9-12,14,16-17H,4-5,8,13,15H2,(H,29,30)/b28-14+. The number of hydrogen-bond donors (Lipinski definition) is 1. The van der Waals surface area contributed by atoms with Crippen molar-refractivity contribution < 1.29 is 22.9 Å². The van der Waals surface area contributed by atoms with Gasteiger partial charge in [0.15, 0.2) is 16.8 Å². The first-order valence-electron chi connectivity index (χ1n) is 10.9. The SMILES string of the molecule is O=C1CCc2cc(OCCC/C=N/S(=O)c3ccc(F)cc3C(=O)c3ccccc3)ccc2N1. The molecule has 0 aliphatic carbocycles. The summed E-state index contributed by atoms with van der Waals surface area (Å²) >= 11 is 0. The van der Waals surface area contributed by atoms with Crippen molar-refractivity contribution in [3.05, 3.63) is 89.2 Å². The molecule has 0 saturated carbocycles. The molecule has 6 nitrogen and oxygen atoms in total. The van der Waals surface area contributed by atoms with Gasteiger partial charge in [0.1, 0.15) is 11.6 Å². The Morgan fingerprint density at radius 3 is 2.74 bits per heavy atom. The van der Waals surface area contributed by atoms with E-state index in [-0.39, 0.29) is 16.4 Å². The van der Waals surface area contributed by atoms with Crippen LogP contribution in [0.15, 0.2) is 76.0 Å². The summed E-state index contributed by atoms with van der Waals surface area (Å²) in [6.07, 6.45) is 3.86. The average Bonchev–Trinajstić information content (AvgIpc) is 2.86. The number of unbranched alkanes of at least 4 members (excludes halogenated alkanes) is 1. The zero-order valence-corrected chi connectivity index (χ0v) is 19.1. The molecule has 0 aromatic heterocycles. The first kappa shape index (κ1) is 23.5. The highest BCUT2D eigenvalue weighted by Crippen LogP contribution is 2.27. The smallest absolute Gasteiger partial charge is 0.224 e. The Bertz CT molecular complexity index is 1260. The molecule has 4 rings (SSSR count). The van der Waals surface area contributed by atoms with E-state index >= 15 is 0 Å². The average molecular weight is 479 g/mol. The highest BCUT2D eigenvalue weighted by Gasteiger charge is 2.18. The number of nitrogens with one attached hydrogen (secondary N) is 1. The topological polar surface area (TPSA) is 84.8 Å². The molecule has 34 heavy (non-hydrogen) atoms. The lowest BCUT2D eigenvalue weighted by Crippen LogP contribution is -2.18. The minimum atomic E-state index is -1.84. The van der Waals surface area contributed by atoms with E-state index in [9.17, 15) is 18.2 Å². The van der Waals surface area contributed by atoms with Gasteiger partial charge in [-0.25, -0.2) is 8.60 Å². The van der Waals surface area contributed by atoms with Gasteiger partial charge in [0.2, 0.25) is 5.91 Å². The number of anilines is 1. The van der Waals surface area contributed by atoms with E-state index in [2.05, 4.69) is 9.71 Å². The third-order valence-electron chi connectivity index (χ3n) is 5.30. The maximum atomic E-state index is 13.8. The number of hydrogen-bond acceptors (Lipinski definition) is 4. The molecule has 0 spiro atoms. The number of benzene rings is 3. The lowest BCUT2D eigenvalue weighted by Gasteiger charge is -2.17. The van der Waals surface area contributed by atoms with Crippen LogP contribution in [0.2, 0.25) is 0 Å². The van der Waals surface area contributed by atoms with Crippen molar-refractivity contribution in [1.82, 2.24) is 0 Å². The number of carbonyl (C=O) groups is 2. The van der Waals surface area contributed by atoms with Gasteiger partial charge >= 0.3 is 0 Å². The number of amides is 1. The van der Waals surface area contributed by atoms with Crippen LogP contribution in [0, 0.1) is 5.82 Å². The lowest BCUT2D eigenvalue weighted by molar-refractivity contribution is -0.116. The zero-order chi connectivity index (χ0) is 23.9. The Kier molecular flexibility index (Phi) is 7.59. The largest absolute Gasteiger partial charge is 0.494 e. The molecule has 1 N–H and O–H groups in total. The van der Waals surface area contributed by atoms with E-state index < -0.39 is 22.6 Å². The van der Waals surface area contributed by atoms with Crippen LogP contribution in [-0.2, 0) is 22.2 Å². The second kappa shape index (κ2) is 11.0. The molecule has 3 aromatic carbocycles. The summed E-state index contributed by atoms with van der Waals surface area (Å²) in [5.74, 6) is -0.233. The molecule has 0 bridgehead atoms. The molecule has 174 valence electrons. The Labute approximate surface area is 199 Å². The predicted molar refractivity (Wildman–Crippen MR) is 129 cm³/mol. The molecule has 0 fully saturated rings. The number of ketones is 1. The molecular weight excluding hydrogens is 455 g/mol. The second-order valence-electron chi connectivity index (χ2n) is 7.73. The molecule has 1 unspecified atom stereocenters. The van der Waals surface area contributed by atoms with Crippen molar-refractivity contribution in [3.63, 3.8) is 0 Å². The fourth-order valence-electron chi connectivity index (χ4n) is 3.57. The number of ether oxygens (including phenoxy) is 1. The number of rotatable bonds is 9. The minimum Gasteiger partial charge on any atom is -0.494 e. The van der Waals surface area contributed by atoms with Crippen molar-refractivity contribution in [2.45, 2.75) is 30.6 Å². The second-order valence-corrected chi connectivity index (χ2v) is 8.88. The van der Waals surface area contributed by atoms with Crippen LogP contribution in [0.3, 0.4) is 0 Å². The van der Waals surface area contributed by atoms with E-state index in [1.165, 1.54) is 18.3 Å². The summed E-state index contributed by atoms with van der Waals surface area (Å²) in [4.78, 5) is 24.4. The fourth-order valence-corrected chi connectivity index (χ4v) is 4.45. The van der Waals surface area contributed by atoms with Gasteiger partial charge in [-0.1, -0.05) is 30.3 Å². The minimum absolute atomic E-state index is 0.0232. The molecular formula is C26H23FN2O4S. The molecule has 1 heterocycles. The molecule has 1 amide bonds. The van der Waals surface area contributed by atoms with Crippen LogP contribution >= 0.6 is 0 Å². The summed E-state index contributed by atoms with van der Waals surface area (Å²) in [7, 11) is -1.84. The molecule has 1 atom stereocenters. The number of halogens is 1. The summed E-state index contributed by atoms with van der Waals surface area (Å²) in [5.41, 5.74) is 2.30.